The molecular formula is C13H15FO3. The van der Waals surface area contributed by atoms with Crippen LogP contribution < -0.4 is 0 Å². The molecule has 0 unspecified atom stereocenters. The molecule has 1 aliphatic carbocycles. The Bertz CT molecular complexity index is 406. The Morgan fingerprint density at radius 1 is 1.41 bits per heavy atom. The monoisotopic (exact) mass is 238 g/mol. The highest BCUT2D eigenvalue weighted by atomic mass is 19.1. The normalized spacial score (nSPS) is 16.8. The topological polar surface area (TPSA) is 57.5 Å². The SMILES string of the molecule is O=C(O)C[C@@H](CC1CC1)c1cc(O)cc(F)c1. The van der Waals surface area contributed by atoms with Gasteiger partial charge in [0.05, 0.1) is 6.42 Å². The molecule has 0 amide bonds. The van der Waals surface area contributed by atoms with Crippen molar-refractivity contribution < 1.29 is 19.4 Å². The van der Waals surface area contributed by atoms with Gasteiger partial charge in [-0.05, 0) is 36.0 Å². The van der Waals surface area contributed by atoms with Gasteiger partial charge in [0, 0.05) is 6.07 Å². The molecule has 1 aliphatic rings. The molecule has 17 heavy (non-hydrogen) atoms. The lowest BCUT2D eigenvalue weighted by Gasteiger charge is -2.15. The minimum absolute atomic E-state index is 0.0145. The largest absolute Gasteiger partial charge is 0.508 e. The van der Waals surface area contributed by atoms with Gasteiger partial charge in [-0.1, -0.05) is 12.8 Å². The van der Waals surface area contributed by atoms with E-state index >= 15 is 0 Å². The fourth-order valence-corrected chi connectivity index (χ4v) is 2.14. The maximum atomic E-state index is 13.2. The van der Waals surface area contributed by atoms with E-state index in [-0.39, 0.29) is 18.1 Å². The molecule has 1 fully saturated rings. The Morgan fingerprint density at radius 3 is 2.65 bits per heavy atom. The van der Waals surface area contributed by atoms with Gasteiger partial charge < -0.3 is 10.2 Å². The van der Waals surface area contributed by atoms with Crippen molar-refractivity contribution in [3.8, 4) is 5.75 Å². The van der Waals surface area contributed by atoms with Crippen molar-refractivity contribution in [2.45, 2.75) is 31.6 Å². The van der Waals surface area contributed by atoms with Gasteiger partial charge in [-0.25, -0.2) is 4.39 Å². The third kappa shape index (κ3) is 3.44. The Labute approximate surface area is 98.9 Å². The van der Waals surface area contributed by atoms with Gasteiger partial charge in [0.2, 0.25) is 0 Å². The molecule has 4 heteroatoms. The summed E-state index contributed by atoms with van der Waals surface area (Å²) in [5.41, 5.74) is 0.580. The second-order valence-electron chi connectivity index (χ2n) is 4.72. The van der Waals surface area contributed by atoms with Crippen LogP contribution in [-0.4, -0.2) is 16.2 Å². The molecule has 1 aromatic rings. The van der Waals surface area contributed by atoms with E-state index in [1.54, 1.807) is 0 Å². The van der Waals surface area contributed by atoms with E-state index in [0.717, 1.165) is 25.3 Å². The minimum Gasteiger partial charge on any atom is -0.508 e. The van der Waals surface area contributed by atoms with Crippen molar-refractivity contribution in [3.05, 3.63) is 29.6 Å². The van der Waals surface area contributed by atoms with Crippen molar-refractivity contribution >= 4 is 5.97 Å². The third-order valence-corrected chi connectivity index (χ3v) is 3.11. The Kier molecular flexibility index (Phi) is 3.31. The second-order valence-corrected chi connectivity index (χ2v) is 4.72. The smallest absolute Gasteiger partial charge is 0.303 e. The fraction of sp³-hybridized carbons (Fsp3) is 0.462. The van der Waals surface area contributed by atoms with Crippen LogP contribution in [0.2, 0.25) is 0 Å². The van der Waals surface area contributed by atoms with Crippen LogP contribution in [0, 0.1) is 11.7 Å². The van der Waals surface area contributed by atoms with Crippen LogP contribution in [0.25, 0.3) is 0 Å². The number of carboxylic acids is 1. The highest BCUT2D eigenvalue weighted by Crippen LogP contribution is 2.40. The molecule has 2 rings (SSSR count). The van der Waals surface area contributed by atoms with Crippen LogP contribution in [0.15, 0.2) is 18.2 Å². The summed E-state index contributed by atoms with van der Waals surface area (Å²) in [7, 11) is 0. The molecule has 2 N–H and O–H groups in total. The number of carboxylic acid groups (broad SMARTS) is 1. The van der Waals surface area contributed by atoms with Gasteiger partial charge in [-0.3, -0.25) is 4.79 Å². The number of hydrogen-bond acceptors (Lipinski definition) is 2. The van der Waals surface area contributed by atoms with Crippen LogP contribution in [0.5, 0.6) is 5.75 Å². The molecule has 0 spiro atoms. The standard InChI is InChI=1S/C13H15FO3/c14-11-4-10(5-12(15)7-11)9(6-13(16)17)3-8-1-2-8/h4-5,7-9,15H,1-3,6H2,(H,16,17)/t9-/m1/s1. The van der Waals surface area contributed by atoms with Crippen molar-refractivity contribution in [3.63, 3.8) is 0 Å². The van der Waals surface area contributed by atoms with Crippen LogP contribution in [-0.2, 0) is 4.79 Å². The van der Waals surface area contributed by atoms with Crippen LogP contribution in [0.3, 0.4) is 0 Å². The molecule has 0 bridgehead atoms. The highest BCUT2D eigenvalue weighted by molar-refractivity contribution is 5.68. The number of phenols is 1. The van der Waals surface area contributed by atoms with E-state index in [9.17, 15) is 14.3 Å². The molecule has 1 aromatic carbocycles. The van der Waals surface area contributed by atoms with E-state index < -0.39 is 11.8 Å². The lowest BCUT2D eigenvalue weighted by atomic mass is 9.90. The summed E-state index contributed by atoms with van der Waals surface area (Å²) < 4.78 is 13.2. The molecular weight excluding hydrogens is 223 g/mol. The number of benzene rings is 1. The number of rotatable bonds is 5. The molecule has 0 saturated heterocycles. The Morgan fingerprint density at radius 2 is 2.12 bits per heavy atom. The van der Waals surface area contributed by atoms with Crippen molar-refractivity contribution in [1.29, 1.82) is 0 Å². The lowest BCUT2D eigenvalue weighted by molar-refractivity contribution is -0.137. The summed E-state index contributed by atoms with van der Waals surface area (Å²) >= 11 is 0. The fourth-order valence-electron chi connectivity index (χ4n) is 2.14. The molecule has 0 radical (unpaired) electrons. The maximum absolute atomic E-state index is 13.2. The lowest BCUT2D eigenvalue weighted by Crippen LogP contribution is -2.07. The highest BCUT2D eigenvalue weighted by Gasteiger charge is 2.28. The van der Waals surface area contributed by atoms with Crippen molar-refractivity contribution in [2.75, 3.05) is 0 Å². The average molecular weight is 238 g/mol. The van der Waals surface area contributed by atoms with Gasteiger partial charge in [-0.15, -0.1) is 0 Å². The van der Waals surface area contributed by atoms with Gasteiger partial charge in [0.25, 0.3) is 0 Å². The molecule has 3 nitrogen and oxygen atoms in total. The zero-order chi connectivity index (χ0) is 12.4. The van der Waals surface area contributed by atoms with Crippen molar-refractivity contribution in [1.82, 2.24) is 0 Å². The molecule has 1 saturated carbocycles. The number of hydrogen-bond donors (Lipinski definition) is 2. The summed E-state index contributed by atoms with van der Waals surface area (Å²) in [6, 6.07) is 3.80. The third-order valence-electron chi connectivity index (χ3n) is 3.11. The first-order chi connectivity index (χ1) is 8.04. The summed E-state index contributed by atoms with van der Waals surface area (Å²) in [4.78, 5) is 10.8. The number of phenolic OH excluding ortho intramolecular Hbond substituents is 1. The van der Waals surface area contributed by atoms with Gasteiger partial charge >= 0.3 is 5.97 Å². The van der Waals surface area contributed by atoms with Gasteiger partial charge in [0.1, 0.15) is 11.6 Å². The molecule has 1 atom stereocenters. The van der Waals surface area contributed by atoms with Crippen LogP contribution in [0.4, 0.5) is 4.39 Å². The minimum atomic E-state index is -0.889. The van der Waals surface area contributed by atoms with E-state index in [1.165, 1.54) is 12.1 Å². The first kappa shape index (κ1) is 11.9. The first-order valence-corrected chi connectivity index (χ1v) is 5.76. The predicted molar refractivity (Wildman–Crippen MR) is 60.4 cm³/mol. The molecule has 0 aliphatic heterocycles. The quantitative estimate of drug-likeness (QED) is 0.829. The summed E-state index contributed by atoms with van der Waals surface area (Å²) in [5.74, 6) is -1.21. The Hall–Kier alpha value is -1.58. The number of aromatic hydroxyl groups is 1. The average Bonchev–Trinajstić information content (AvgIpc) is 2.98. The summed E-state index contributed by atoms with van der Waals surface area (Å²) in [6.07, 6.45) is 2.99. The molecule has 0 aromatic heterocycles. The van der Waals surface area contributed by atoms with Crippen LogP contribution in [0.1, 0.15) is 37.2 Å². The molecule has 0 heterocycles. The van der Waals surface area contributed by atoms with E-state index in [0.29, 0.717) is 11.5 Å². The van der Waals surface area contributed by atoms with Crippen LogP contribution >= 0.6 is 0 Å². The van der Waals surface area contributed by atoms with E-state index in [1.807, 2.05) is 0 Å². The number of halogens is 1. The van der Waals surface area contributed by atoms with Gasteiger partial charge in [0.15, 0.2) is 0 Å². The van der Waals surface area contributed by atoms with Crippen molar-refractivity contribution in [2.24, 2.45) is 5.92 Å². The Balaban J connectivity index is 2.19. The zero-order valence-electron chi connectivity index (χ0n) is 9.40. The van der Waals surface area contributed by atoms with E-state index in [2.05, 4.69) is 0 Å². The molecule has 92 valence electrons. The van der Waals surface area contributed by atoms with E-state index in [4.69, 9.17) is 5.11 Å². The summed E-state index contributed by atoms with van der Waals surface area (Å²) in [6.45, 7) is 0. The number of carbonyl (C=O) groups is 1. The number of aliphatic carboxylic acids is 1. The predicted octanol–water partition coefficient (Wildman–Crippen LogP) is 2.89. The zero-order valence-corrected chi connectivity index (χ0v) is 9.40. The van der Waals surface area contributed by atoms with Gasteiger partial charge in [-0.2, -0.15) is 0 Å². The second kappa shape index (κ2) is 4.73. The summed E-state index contributed by atoms with van der Waals surface area (Å²) in [5, 5.41) is 18.2. The maximum Gasteiger partial charge on any atom is 0.303 e. The first-order valence-electron chi connectivity index (χ1n) is 5.76.